The van der Waals surface area contributed by atoms with Crippen LogP contribution < -0.4 is 4.90 Å². The minimum absolute atomic E-state index is 0.117. The molecule has 4 rings (SSSR count). The van der Waals surface area contributed by atoms with Gasteiger partial charge in [-0.05, 0) is 24.6 Å². The number of rotatable bonds is 2. The molecule has 0 radical (unpaired) electrons. The molecule has 3 heterocycles. The topological polar surface area (TPSA) is 53.7 Å². The molecule has 24 heavy (non-hydrogen) atoms. The molecule has 1 amide bonds. The molecule has 6 heteroatoms. The standard InChI is InChI=1S/C18H19N5O/c1-14-4-2-3-5-15(14)18(24)22-12-10-21(11-13-22)17-7-8-19-16-6-9-20-23(16)17/h2-9H,10-13H2,1H3. The minimum Gasteiger partial charge on any atom is -0.353 e. The lowest BCUT2D eigenvalue weighted by Crippen LogP contribution is -2.49. The SMILES string of the molecule is Cc1ccccc1C(=O)N1CCN(c2ccnc3ccnn23)CC1. The van der Waals surface area contributed by atoms with Crippen molar-refractivity contribution < 1.29 is 4.79 Å². The number of aromatic nitrogens is 3. The molecule has 0 saturated carbocycles. The molecule has 0 N–H and O–H groups in total. The van der Waals surface area contributed by atoms with Crippen molar-refractivity contribution in [2.75, 3.05) is 31.1 Å². The van der Waals surface area contributed by atoms with Gasteiger partial charge in [0.15, 0.2) is 5.65 Å². The first-order valence-electron chi connectivity index (χ1n) is 8.12. The van der Waals surface area contributed by atoms with Gasteiger partial charge in [0.1, 0.15) is 5.82 Å². The summed E-state index contributed by atoms with van der Waals surface area (Å²) in [6.07, 6.45) is 3.56. The molecular weight excluding hydrogens is 302 g/mol. The van der Waals surface area contributed by atoms with Crippen molar-refractivity contribution in [1.82, 2.24) is 19.5 Å². The zero-order valence-corrected chi connectivity index (χ0v) is 13.6. The first-order chi connectivity index (χ1) is 11.7. The number of carbonyl (C=O) groups excluding carboxylic acids is 1. The average Bonchev–Trinajstić information content (AvgIpc) is 3.10. The highest BCUT2D eigenvalue weighted by Crippen LogP contribution is 2.18. The lowest BCUT2D eigenvalue weighted by Gasteiger charge is -2.36. The Bertz CT molecular complexity index is 880. The highest BCUT2D eigenvalue weighted by Gasteiger charge is 2.24. The second kappa shape index (κ2) is 5.96. The van der Waals surface area contributed by atoms with Crippen LogP contribution in [0.4, 0.5) is 5.82 Å². The van der Waals surface area contributed by atoms with Crippen LogP contribution in [0.1, 0.15) is 15.9 Å². The van der Waals surface area contributed by atoms with Gasteiger partial charge in [-0.3, -0.25) is 4.79 Å². The van der Waals surface area contributed by atoms with Crippen molar-refractivity contribution in [3.8, 4) is 0 Å². The first-order valence-corrected chi connectivity index (χ1v) is 8.12. The zero-order chi connectivity index (χ0) is 16.5. The maximum atomic E-state index is 12.7. The molecule has 3 aromatic rings. The van der Waals surface area contributed by atoms with E-state index in [1.54, 1.807) is 12.4 Å². The van der Waals surface area contributed by atoms with Crippen LogP contribution in [0.25, 0.3) is 5.65 Å². The Kier molecular flexibility index (Phi) is 3.65. The average molecular weight is 321 g/mol. The Hall–Kier alpha value is -2.89. The molecule has 2 aromatic heterocycles. The van der Waals surface area contributed by atoms with Gasteiger partial charge >= 0.3 is 0 Å². The highest BCUT2D eigenvalue weighted by atomic mass is 16.2. The summed E-state index contributed by atoms with van der Waals surface area (Å²) in [5.41, 5.74) is 2.66. The van der Waals surface area contributed by atoms with Gasteiger partial charge in [-0.2, -0.15) is 9.61 Å². The molecule has 1 aromatic carbocycles. The predicted octanol–water partition coefficient (Wildman–Crippen LogP) is 2.00. The smallest absolute Gasteiger partial charge is 0.254 e. The van der Waals surface area contributed by atoms with E-state index in [0.717, 1.165) is 35.7 Å². The molecule has 6 nitrogen and oxygen atoms in total. The van der Waals surface area contributed by atoms with Gasteiger partial charge in [0.05, 0.1) is 6.20 Å². The Balaban J connectivity index is 1.50. The summed E-state index contributed by atoms with van der Waals surface area (Å²) >= 11 is 0. The van der Waals surface area contributed by atoms with Crippen molar-refractivity contribution in [3.05, 3.63) is 59.9 Å². The molecule has 1 aliphatic heterocycles. The molecule has 0 aliphatic carbocycles. The van der Waals surface area contributed by atoms with Gasteiger partial charge in [-0.15, -0.1) is 0 Å². The number of benzene rings is 1. The Labute approximate surface area is 140 Å². The van der Waals surface area contributed by atoms with E-state index >= 15 is 0 Å². The fraction of sp³-hybridized carbons (Fsp3) is 0.278. The van der Waals surface area contributed by atoms with E-state index < -0.39 is 0 Å². The van der Waals surface area contributed by atoms with Crippen molar-refractivity contribution in [3.63, 3.8) is 0 Å². The summed E-state index contributed by atoms with van der Waals surface area (Å²) in [6.45, 7) is 4.97. The number of hydrogen-bond acceptors (Lipinski definition) is 4. The summed E-state index contributed by atoms with van der Waals surface area (Å²) in [7, 11) is 0. The van der Waals surface area contributed by atoms with Gasteiger partial charge in [-0.25, -0.2) is 4.98 Å². The molecule has 0 bridgehead atoms. The van der Waals surface area contributed by atoms with Gasteiger partial charge in [0.25, 0.3) is 5.91 Å². The summed E-state index contributed by atoms with van der Waals surface area (Å²) in [6, 6.07) is 11.6. The van der Waals surface area contributed by atoms with Crippen molar-refractivity contribution in [2.45, 2.75) is 6.92 Å². The maximum absolute atomic E-state index is 12.7. The Morgan fingerprint density at radius 2 is 1.79 bits per heavy atom. The molecule has 0 unspecified atom stereocenters. The number of piperazine rings is 1. The van der Waals surface area contributed by atoms with Gasteiger partial charge in [0, 0.05) is 44.0 Å². The normalized spacial score (nSPS) is 15.0. The number of aryl methyl sites for hydroxylation is 1. The number of fused-ring (bicyclic) bond motifs is 1. The van der Waals surface area contributed by atoms with E-state index in [4.69, 9.17) is 0 Å². The Morgan fingerprint density at radius 1 is 1.00 bits per heavy atom. The third-order valence-electron chi connectivity index (χ3n) is 4.54. The molecule has 122 valence electrons. The summed E-state index contributed by atoms with van der Waals surface area (Å²) < 4.78 is 1.85. The predicted molar refractivity (Wildman–Crippen MR) is 92.3 cm³/mol. The van der Waals surface area contributed by atoms with Crippen molar-refractivity contribution in [2.24, 2.45) is 0 Å². The van der Waals surface area contributed by atoms with E-state index in [2.05, 4.69) is 15.0 Å². The molecular formula is C18H19N5O. The largest absolute Gasteiger partial charge is 0.353 e. The van der Waals surface area contributed by atoms with Crippen LogP contribution in [-0.4, -0.2) is 51.6 Å². The number of hydrogen-bond donors (Lipinski definition) is 0. The van der Waals surface area contributed by atoms with E-state index in [1.165, 1.54) is 0 Å². The van der Waals surface area contributed by atoms with Crippen LogP contribution in [-0.2, 0) is 0 Å². The summed E-state index contributed by atoms with van der Waals surface area (Å²) in [4.78, 5) is 21.2. The number of anilines is 1. The minimum atomic E-state index is 0.117. The molecule has 1 fully saturated rings. The zero-order valence-electron chi connectivity index (χ0n) is 13.6. The van der Waals surface area contributed by atoms with Crippen LogP contribution >= 0.6 is 0 Å². The summed E-state index contributed by atoms with van der Waals surface area (Å²) in [5.74, 6) is 1.14. The van der Waals surface area contributed by atoms with E-state index in [0.29, 0.717) is 13.1 Å². The quantitative estimate of drug-likeness (QED) is 0.724. The molecule has 0 spiro atoms. The van der Waals surface area contributed by atoms with Crippen LogP contribution in [0.5, 0.6) is 0 Å². The molecule has 1 saturated heterocycles. The lowest BCUT2D eigenvalue weighted by molar-refractivity contribution is 0.0745. The number of amides is 1. The van der Waals surface area contributed by atoms with Crippen LogP contribution in [0.15, 0.2) is 48.8 Å². The molecule has 0 atom stereocenters. The summed E-state index contributed by atoms with van der Waals surface area (Å²) in [5, 5.41) is 4.34. The third-order valence-corrected chi connectivity index (χ3v) is 4.54. The van der Waals surface area contributed by atoms with E-state index in [-0.39, 0.29) is 5.91 Å². The van der Waals surface area contributed by atoms with Gasteiger partial charge in [0.2, 0.25) is 0 Å². The second-order valence-electron chi connectivity index (χ2n) is 6.00. The lowest BCUT2D eigenvalue weighted by atomic mass is 10.1. The molecule has 1 aliphatic rings. The Morgan fingerprint density at radius 3 is 2.58 bits per heavy atom. The maximum Gasteiger partial charge on any atom is 0.254 e. The monoisotopic (exact) mass is 321 g/mol. The van der Waals surface area contributed by atoms with Crippen LogP contribution in [0, 0.1) is 6.92 Å². The van der Waals surface area contributed by atoms with Crippen LogP contribution in [0.3, 0.4) is 0 Å². The second-order valence-corrected chi connectivity index (χ2v) is 6.00. The van der Waals surface area contributed by atoms with Gasteiger partial charge in [-0.1, -0.05) is 18.2 Å². The van der Waals surface area contributed by atoms with Gasteiger partial charge < -0.3 is 9.80 Å². The third kappa shape index (κ3) is 2.50. The number of nitrogens with zero attached hydrogens (tertiary/aromatic N) is 5. The number of carbonyl (C=O) groups is 1. The van der Waals surface area contributed by atoms with Crippen molar-refractivity contribution in [1.29, 1.82) is 0 Å². The fourth-order valence-electron chi connectivity index (χ4n) is 3.18. The highest BCUT2D eigenvalue weighted by molar-refractivity contribution is 5.95. The van der Waals surface area contributed by atoms with E-state index in [1.807, 2.05) is 52.7 Å². The van der Waals surface area contributed by atoms with Crippen molar-refractivity contribution >= 4 is 17.4 Å². The fourth-order valence-corrected chi connectivity index (χ4v) is 3.18. The van der Waals surface area contributed by atoms with Crippen LogP contribution in [0.2, 0.25) is 0 Å². The van der Waals surface area contributed by atoms with E-state index in [9.17, 15) is 4.79 Å². The first kappa shape index (κ1) is 14.7.